The number of amides is 1. The first-order valence-electron chi connectivity index (χ1n) is 4.51. The van der Waals surface area contributed by atoms with E-state index in [2.05, 4.69) is 0 Å². The minimum atomic E-state index is -0.552. The van der Waals surface area contributed by atoms with Crippen LogP contribution in [0.3, 0.4) is 0 Å². The van der Waals surface area contributed by atoms with Gasteiger partial charge in [0, 0.05) is 22.8 Å². The molecule has 3 nitrogen and oxygen atoms in total. The lowest BCUT2D eigenvalue weighted by Gasteiger charge is -2.14. The van der Waals surface area contributed by atoms with Crippen LogP contribution in [0.5, 0.6) is 0 Å². The number of likely N-dealkylation sites (N-methyl/N-ethyl adjacent to an activating group) is 1. The Morgan fingerprint density at radius 1 is 1.57 bits per heavy atom. The molecule has 1 aliphatic rings. The Balaban J connectivity index is 2.55. The van der Waals surface area contributed by atoms with Crippen molar-refractivity contribution < 1.29 is 4.79 Å². The Bertz CT molecular complexity index is 392. The summed E-state index contributed by atoms with van der Waals surface area (Å²) in [5.74, 6) is -0.0511. The number of carbonyl (C=O) groups excluding carboxylic acids is 1. The molecular formula is C10H11ClN2O. The van der Waals surface area contributed by atoms with Crippen molar-refractivity contribution in [3.8, 4) is 0 Å². The van der Waals surface area contributed by atoms with Crippen LogP contribution in [0.1, 0.15) is 18.5 Å². The molecule has 0 aliphatic carbocycles. The van der Waals surface area contributed by atoms with Crippen LogP contribution in [0.2, 0.25) is 5.02 Å². The number of hydrogen-bond donors (Lipinski definition) is 1. The van der Waals surface area contributed by atoms with E-state index in [9.17, 15) is 4.79 Å². The molecule has 4 heteroatoms. The van der Waals surface area contributed by atoms with Crippen molar-refractivity contribution in [3.05, 3.63) is 28.8 Å². The molecule has 0 saturated heterocycles. The molecule has 1 heterocycles. The maximum Gasteiger partial charge on any atom is 0.248 e. The molecule has 1 atom stereocenters. The van der Waals surface area contributed by atoms with Gasteiger partial charge in [0.25, 0.3) is 0 Å². The predicted octanol–water partition coefficient (Wildman–Crippen LogP) is 1.71. The minimum Gasteiger partial charge on any atom is -0.316 e. The number of fused-ring (bicyclic) bond motifs is 1. The molecule has 1 unspecified atom stereocenters. The number of nitrogens with two attached hydrogens (primary N) is 1. The lowest BCUT2D eigenvalue weighted by molar-refractivity contribution is -0.119. The van der Waals surface area contributed by atoms with Gasteiger partial charge < -0.3 is 10.6 Å². The molecule has 1 aliphatic heterocycles. The lowest BCUT2D eigenvalue weighted by Crippen LogP contribution is -2.31. The zero-order valence-electron chi connectivity index (χ0n) is 7.83. The van der Waals surface area contributed by atoms with E-state index < -0.39 is 6.04 Å². The monoisotopic (exact) mass is 210 g/mol. The van der Waals surface area contributed by atoms with Crippen molar-refractivity contribution in [2.45, 2.75) is 13.0 Å². The van der Waals surface area contributed by atoms with E-state index in [-0.39, 0.29) is 5.91 Å². The number of hydrogen-bond acceptors (Lipinski definition) is 2. The van der Waals surface area contributed by atoms with E-state index in [0.29, 0.717) is 11.6 Å². The topological polar surface area (TPSA) is 46.3 Å². The summed E-state index contributed by atoms with van der Waals surface area (Å²) in [5, 5.41) is 0.616. The normalized spacial score (nSPS) is 20.1. The van der Waals surface area contributed by atoms with Gasteiger partial charge >= 0.3 is 0 Å². The van der Waals surface area contributed by atoms with Crippen molar-refractivity contribution in [1.82, 2.24) is 0 Å². The number of carbonyl (C=O) groups is 1. The zero-order chi connectivity index (χ0) is 10.3. The Morgan fingerprint density at radius 3 is 2.93 bits per heavy atom. The van der Waals surface area contributed by atoms with Gasteiger partial charge in [0.2, 0.25) is 5.91 Å². The van der Waals surface area contributed by atoms with Gasteiger partial charge in [-0.3, -0.25) is 4.79 Å². The first-order chi connectivity index (χ1) is 6.65. The fraction of sp³-hybridized carbons (Fsp3) is 0.300. The Labute approximate surface area is 87.4 Å². The molecule has 14 heavy (non-hydrogen) atoms. The van der Waals surface area contributed by atoms with Gasteiger partial charge in [0.15, 0.2) is 0 Å². The van der Waals surface area contributed by atoms with Gasteiger partial charge in [-0.05, 0) is 25.1 Å². The van der Waals surface area contributed by atoms with Crippen molar-refractivity contribution in [3.63, 3.8) is 0 Å². The van der Waals surface area contributed by atoms with Crippen LogP contribution in [0.4, 0.5) is 5.69 Å². The molecule has 0 aromatic heterocycles. The summed E-state index contributed by atoms with van der Waals surface area (Å²) in [4.78, 5) is 13.3. The summed E-state index contributed by atoms with van der Waals surface area (Å²) in [6.45, 7) is 2.56. The number of anilines is 1. The second-order valence-corrected chi connectivity index (χ2v) is 3.70. The standard InChI is InChI=1S/C10H11ClN2O/c1-2-13-8-4-3-6(11)5-7(8)9(12)10(13)14/h3-5,9H,2,12H2,1H3. The number of halogens is 1. The highest BCUT2D eigenvalue weighted by molar-refractivity contribution is 6.31. The summed E-state index contributed by atoms with van der Waals surface area (Å²) < 4.78 is 0. The summed E-state index contributed by atoms with van der Waals surface area (Å²) >= 11 is 5.84. The van der Waals surface area contributed by atoms with Gasteiger partial charge in [-0.2, -0.15) is 0 Å². The van der Waals surface area contributed by atoms with E-state index in [1.807, 2.05) is 13.0 Å². The van der Waals surface area contributed by atoms with Crippen LogP contribution in [0.25, 0.3) is 0 Å². The third-order valence-electron chi connectivity index (χ3n) is 2.46. The third kappa shape index (κ3) is 1.21. The summed E-state index contributed by atoms with van der Waals surface area (Å²) in [6.07, 6.45) is 0. The van der Waals surface area contributed by atoms with Crippen LogP contribution in [-0.4, -0.2) is 12.5 Å². The van der Waals surface area contributed by atoms with E-state index >= 15 is 0 Å². The summed E-state index contributed by atoms with van der Waals surface area (Å²) in [5.41, 5.74) is 7.48. The smallest absolute Gasteiger partial charge is 0.248 e. The van der Waals surface area contributed by atoms with Crippen LogP contribution in [0, 0.1) is 0 Å². The number of rotatable bonds is 1. The lowest BCUT2D eigenvalue weighted by atomic mass is 10.1. The van der Waals surface area contributed by atoms with Crippen LogP contribution in [-0.2, 0) is 4.79 Å². The molecule has 0 spiro atoms. The largest absolute Gasteiger partial charge is 0.316 e. The van der Waals surface area contributed by atoms with E-state index in [1.165, 1.54) is 0 Å². The van der Waals surface area contributed by atoms with E-state index in [4.69, 9.17) is 17.3 Å². The molecular weight excluding hydrogens is 200 g/mol. The second kappa shape index (κ2) is 3.26. The average Bonchev–Trinajstić information content (AvgIpc) is 2.41. The fourth-order valence-electron chi connectivity index (χ4n) is 1.77. The molecule has 0 radical (unpaired) electrons. The van der Waals surface area contributed by atoms with Gasteiger partial charge in [0.1, 0.15) is 6.04 Å². The van der Waals surface area contributed by atoms with Crippen molar-refractivity contribution in [2.75, 3.05) is 11.4 Å². The molecule has 1 aromatic rings. The van der Waals surface area contributed by atoms with E-state index in [0.717, 1.165) is 11.3 Å². The van der Waals surface area contributed by atoms with Crippen LogP contribution >= 0.6 is 11.6 Å². The molecule has 0 saturated carbocycles. The summed E-state index contributed by atoms with van der Waals surface area (Å²) in [6, 6.07) is 4.82. The van der Waals surface area contributed by atoms with Gasteiger partial charge in [-0.15, -0.1) is 0 Å². The highest BCUT2D eigenvalue weighted by Crippen LogP contribution is 2.35. The zero-order valence-corrected chi connectivity index (χ0v) is 8.58. The SMILES string of the molecule is CCN1C(=O)C(N)c2cc(Cl)ccc21. The number of benzene rings is 1. The first-order valence-corrected chi connectivity index (χ1v) is 4.89. The second-order valence-electron chi connectivity index (χ2n) is 3.26. The molecule has 0 fully saturated rings. The van der Waals surface area contributed by atoms with E-state index in [1.54, 1.807) is 17.0 Å². The van der Waals surface area contributed by atoms with Gasteiger partial charge in [-0.1, -0.05) is 11.6 Å². The maximum absolute atomic E-state index is 11.7. The quantitative estimate of drug-likeness (QED) is 0.767. The third-order valence-corrected chi connectivity index (χ3v) is 2.70. The Hall–Kier alpha value is -1.06. The Morgan fingerprint density at radius 2 is 2.29 bits per heavy atom. The number of nitrogens with zero attached hydrogens (tertiary/aromatic N) is 1. The van der Waals surface area contributed by atoms with Crippen LogP contribution in [0.15, 0.2) is 18.2 Å². The van der Waals surface area contributed by atoms with Crippen molar-refractivity contribution >= 4 is 23.2 Å². The van der Waals surface area contributed by atoms with Gasteiger partial charge in [0.05, 0.1) is 0 Å². The molecule has 2 rings (SSSR count). The fourth-order valence-corrected chi connectivity index (χ4v) is 1.95. The van der Waals surface area contributed by atoms with Crippen LogP contribution < -0.4 is 10.6 Å². The highest BCUT2D eigenvalue weighted by Gasteiger charge is 2.33. The molecule has 2 N–H and O–H groups in total. The molecule has 1 amide bonds. The highest BCUT2D eigenvalue weighted by atomic mass is 35.5. The predicted molar refractivity (Wildman–Crippen MR) is 56.4 cm³/mol. The molecule has 1 aromatic carbocycles. The first kappa shape index (κ1) is 9.49. The Kier molecular flexibility index (Phi) is 2.21. The molecule has 74 valence electrons. The minimum absolute atomic E-state index is 0.0511. The van der Waals surface area contributed by atoms with Crippen molar-refractivity contribution in [2.24, 2.45) is 5.73 Å². The average molecular weight is 211 g/mol. The maximum atomic E-state index is 11.7. The van der Waals surface area contributed by atoms with Crippen molar-refractivity contribution in [1.29, 1.82) is 0 Å². The molecule has 0 bridgehead atoms. The summed E-state index contributed by atoms with van der Waals surface area (Å²) in [7, 11) is 0. The van der Waals surface area contributed by atoms with Gasteiger partial charge in [-0.25, -0.2) is 0 Å².